The number of nitrogens with one attached hydrogen (secondary N) is 1. The third-order valence-electron chi connectivity index (χ3n) is 3.75. The molecular weight excluding hydrogens is 351 g/mol. The SMILES string of the molecule is CN(C)c1ccccc1C(=S=O)c1nc2c(C(F)(F)F)cccc2[nH]1. The summed E-state index contributed by atoms with van der Waals surface area (Å²) in [6.45, 7) is 0. The summed E-state index contributed by atoms with van der Waals surface area (Å²) < 4.78 is 51.2. The lowest BCUT2D eigenvalue weighted by Crippen LogP contribution is -2.15. The maximum atomic E-state index is 13.2. The van der Waals surface area contributed by atoms with Crippen LogP contribution < -0.4 is 4.90 Å². The number of benzene rings is 2. The summed E-state index contributed by atoms with van der Waals surface area (Å²) in [4.78, 5) is 8.98. The first-order valence-electron chi connectivity index (χ1n) is 7.32. The zero-order chi connectivity index (χ0) is 18.2. The minimum atomic E-state index is -4.52. The molecule has 25 heavy (non-hydrogen) atoms. The highest BCUT2D eigenvalue weighted by atomic mass is 32.1. The van der Waals surface area contributed by atoms with Gasteiger partial charge in [-0.3, -0.25) is 0 Å². The standard InChI is InChI=1S/C17H14F3N3OS/c1-23(2)13-9-4-3-6-10(13)15(25-24)16-21-12-8-5-7-11(14(12)22-16)17(18,19)20/h3-9H,1-2H3,(H,21,22). The monoisotopic (exact) mass is 365 g/mol. The second kappa shape index (κ2) is 6.36. The van der Waals surface area contributed by atoms with Gasteiger partial charge in [0.1, 0.15) is 21.6 Å². The van der Waals surface area contributed by atoms with Crippen LogP contribution in [0.25, 0.3) is 11.0 Å². The number of rotatable bonds is 3. The highest BCUT2D eigenvalue weighted by Gasteiger charge is 2.34. The van der Waals surface area contributed by atoms with Crippen molar-refractivity contribution in [3.63, 3.8) is 0 Å². The lowest BCUT2D eigenvalue weighted by molar-refractivity contribution is -0.136. The van der Waals surface area contributed by atoms with Crippen molar-refractivity contribution >= 4 is 32.8 Å². The summed E-state index contributed by atoms with van der Waals surface area (Å²) in [7, 11) is 3.65. The van der Waals surface area contributed by atoms with Crippen molar-refractivity contribution in [2.24, 2.45) is 0 Å². The number of anilines is 1. The quantitative estimate of drug-likeness (QED) is 0.571. The van der Waals surface area contributed by atoms with Crippen LogP contribution in [0.15, 0.2) is 42.5 Å². The Bertz CT molecular complexity index is 988. The Morgan fingerprint density at radius 1 is 1.12 bits per heavy atom. The van der Waals surface area contributed by atoms with Gasteiger partial charge in [0.15, 0.2) is 5.82 Å². The Morgan fingerprint density at radius 2 is 1.84 bits per heavy atom. The smallest absolute Gasteiger partial charge is 0.377 e. The molecule has 0 fully saturated rings. The number of fused-ring (bicyclic) bond motifs is 1. The van der Waals surface area contributed by atoms with Gasteiger partial charge in [0, 0.05) is 25.3 Å². The number of imidazole rings is 1. The van der Waals surface area contributed by atoms with Crippen LogP contribution in [-0.4, -0.2) is 33.1 Å². The Hall–Kier alpha value is -2.61. The average molecular weight is 365 g/mol. The van der Waals surface area contributed by atoms with Gasteiger partial charge in [-0.25, -0.2) is 9.19 Å². The highest BCUT2D eigenvalue weighted by Crippen LogP contribution is 2.34. The lowest BCUT2D eigenvalue weighted by Gasteiger charge is -2.16. The molecule has 0 unspecified atom stereocenters. The number of halogens is 3. The van der Waals surface area contributed by atoms with Gasteiger partial charge in [0.05, 0.1) is 11.1 Å². The van der Waals surface area contributed by atoms with E-state index in [1.807, 2.05) is 31.1 Å². The lowest BCUT2D eigenvalue weighted by atomic mass is 10.1. The molecule has 0 atom stereocenters. The number of alkyl halides is 3. The number of hydrogen-bond donors (Lipinski definition) is 1. The van der Waals surface area contributed by atoms with Crippen molar-refractivity contribution in [2.45, 2.75) is 6.18 Å². The summed E-state index contributed by atoms with van der Waals surface area (Å²) in [5.74, 6) is 0.126. The molecule has 1 N–H and O–H groups in total. The van der Waals surface area contributed by atoms with E-state index >= 15 is 0 Å². The van der Waals surface area contributed by atoms with Gasteiger partial charge in [-0.1, -0.05) is 24.3 Å². The maximum Gasteiger partial charge on any atom is 0.418 e. The Labute approximate surface area is 145 Å². The van der Waals surface area contributed by atoms with E-state index in [9.17, 15) is 17.4 Å². The number of nitrogens with zero attached hydrogens (tertiary/aromatic N) is 2. The van der Waals surface area contributed by atoms with E-state index in [0.717, 1.165) is 11.8 Å². The molecule has 1 aromatic heterocycles. The summed E-state index contributed by atoms with van der Waals surface area (Å²) in [5.41, 5.74) is 0.596. The van der Waals surface area contributed by atoms with Crippen LogP contribution in [0.1, 0.15) is 17.0 Å². The first-order valence-corrected chi connectivity index (χ1v) is 8.07. The van der Waals surface area contributed by atoms with E-state index in [4.69, 9.17) is 0 Å². The fraction of sp³-hybridized carbons (Fsp3) is 0.176. The fourth-order valence-electron chi connectivity index (χ4n) is 2.64. The average Bonchev–Trinajstić information content (AvgIpc) is 2.98. The van der Waals surface area contributed by atoms with Crippen LogP contribution in [-0.2, 0) is 17.4 Å². The van der Waals surface area contributed by atoms with Gasteiger partial charge in [-0.05, 0) is 18.2 Å². The van der Waals surface area contributed by atoms with E-state index in [1.165, 1.54) is 12.1 Å². The molecule has 3 aromatic rings. The Kier molecular flexibility index (Phi) is 4.38. The van der Waals surface area contributed by atoms with Crippen molar-refractivity contribution < 1.29 is 17.4 Å². The third-order valence-corrected chi connectivity index (χ3v) is 4.33. The molecule has 1 heterocycles. The van der Waals surface area contributed by atoms with Crippen LogP contribution in [0, 0.1) is 0 Å². The van der Waals surface area contributed by atoms with Crippen molar-refractivity contribution in [1.29, 1.82) is 0 Å². The molecular formula is C17H14F3N3OS. The largest absolute Gasteiger partial charge is 0.418 e. The molecule has 0 aliphatic rings. The molecule has 0 aliphatic carbocycles. The van der Waals surface area contributed by atoms with Gasteiger partial charge >= 0.3 is 6.18 Å². The Morgan fingerprint density at radius 3 is 2.48 bits per heavy atom. The molecule has 8 heteroatoms. The first-order chi connectivity index (χ1) is 11.8. The van der Waals surface area contributed by atoms with Crippen LogP contribution >= 0.6 is 0 Å². The molecule has 0 spiro atoms. The van der Waals surface area contributed by atoms with Crippen LogP contribution in [0.3, 0.4) is 0 Å². The van der Waals surface area contributed by atoms with Crippen molar-refractivity contribution in [3.8, 4) is 0 Å². The van der Waals surface area contributed by atoms with Gasteiger partial charge in [0.25, 0.3) is 0 Å². The molecule has 0 aliphatic heterocycles. The molecule has 0 amide bonds. The van der Waals surface area contributed by atoms with E-state index in [-0.39, 0.29) is 33.0 Å². The molecule has 130 valence electrons. The maximum absolute atomic E-state index is 13.2. The topological polar surface area (TPSA) is 49.0 Å². The number of hydrogen-bond acceptors (Lipinski definition) is 3. The summed E-state index contributed by atoms with van der Waals surface area (Å²) in [6.07, 6.45) is -4.52. The van der Waals surface area contributed by atoms with E-state index in [1.54, 1.807) is 12.1 Å². The van der Waals surface area contributed by atoms with E-state index < -0.39 is 11.7 Å². The van der Waals surface area contributed by atoms with Crippen LogP contribution in [0.5, 0.6) is 0 Å². The second-order valence-corrected chi connectivity index (χ2v) is 6.18. The first kappa shape index (κ1) is 17.2. The minimum absolute atomic E-state index is 0.126. The molecule has 0 bridgehead atoms. The number of H-pyrrole nitrogens is 1. The number of aromatic amines is 1. The van der Waals surface area contributed by atoms with Gasteiger partial charge in [-0.15, -0.1) is 0 Å². The van der Waals surface area contributed by atoms with Crippen LogP contribution in [0.4, 0.5) is 18.9 Å². The number of aromatic nitrogens is 2. The fourth-order valence-corrected chi connectivity index (χ4v) is 3.07. The molecule has 0 saturated heterocycles. The van der Waals surface area contributed by atoms with Gasteiger partial charge in [0.2, 0.25) is 0 Å². The molecule has 2 aromatic carbocycles. The second-order valence-electron chi connectivity index (χ2n) is 5.61. The predicted octanol–water partition coefficient (Wildman–Crippen LogP) is 3.43. The van der Waals surface area contributed by atoms with Crippen molar-refractivity contribution in [1.82, 2.24) is 9.97 Å². The molecule has 0 saturated carbocycles. The Balaban J connectivity index is 2.21. The van der Waals surface area contributed by atoms with Crippen LogP contribution in [0.2, 0.25) is 0 Å². The number of para-hydroxylation sites is 2. The molecule has 4 nitrogen and oxygen atoms in total. The normalized spacial score (nSPS) is 11.6. The third kappa shape index (κ3) is 3.17. The molecule has 0 radical (unpaired) electrons. The van der Waals surface area contributed by atoms with E-state index in [2.05, 4.69) is 9.97 Å². The predicted molar refractivity (Wildman–Crippen MR) is 93.2 cm³/mol. The highest BCUT2D eigenvalue weighted by molar-refractivity contribution is 7.67. The summed E-state index contributed by atoms with van der Waals surface area (Å²) >= 11 is 0.201. The molecule has 3 rings (SSSR count). The van der Waals surface area contributed by atoms with Gasteiger partial charge in [-0.2, -0.15) is 13.2 Å². The van der Waals surface area contributed by atoms with Crippen molar-refractivity contribution in [3.05, 3.63) is 59.4 Å². The minimum Gasteiger partial charge on any atom is -0.377 e. The zero-order valence-electron chi connectivity index (χ0n) is 13.4. The van der Waals surface area contributed by atoms with E-state index in [0.29, 0.717) is 5.56 Å². The summed E-state index contributed by atoms with van der Waals surface area (Å²) in [6, 6.07) is 11.0. The van der Waals surface area contributed by atoms with Crippen molar-refractivity contribution in [2.75, 3.05) is 19.0 Å². The zero-order valence-corrected chi connectivity index (χ0v) is 14.2. The summed E-state index contributed by atoms with van der Waals surface area (Å²) in [5, 5.41) is 0. The van der Waals surface area contributed by atoms with Gasteiger partial charge < -0.3 is 9.88 Å².